The van der Waals surface area contributed by atoms with E-state index in [0.29, 0.717) is 5.78 Å². The average molecular weight is 188 g/mol. The Morgan fingerprint density at radius 3 is 1.54 bits per heavy atom. The molecule has 0 heterocycles. The van der Waals surface area contributed by atoms with E-state index in [1.807, 2.05) is 0 Å². The maximum absolute atomic E-state index is 10.5. The molecule has 3 heteroatoms. The molecule has 1 aliphatic carbocycles. The van der Waals surface area contributed by atoms with Crippen LogP contribution in [-0.2, 0) is 4.79 Å². The molecule has 0 aromatic carbocycles. The van der Waals surface area contributed by atoms with Crippen molar-refractivity contribution < 1.29 is 15.0 Å². The van der Waals surface area contributed by atoms with Crippen molar-refractivity contribution in [1.82, 2.24) is 0 Å². The molecule has 2 N–H and O–H groups in total. The number of aliphatic hydroxyl groups excluding tert-OH is 2. The summed E-state index contributed by atoms with van der Waals surface area (Å²) in [4.78, 5) is 10.5. The molecular weight excluding hydrogens is 168 g/mol. The summed E-state index contributed by atoms with van der Waals surface area (Å²) in [5, 5.41) is 15.2. The smallest absolute Gasteiger partial charge is 0.132 e. The van der Waals surface area contributed by atoms with Crippen molar-refractivity contribution in [3.8, 4) is 0 Å². The van der Waals surface area contributed by atoms with Gasteiger partial charge in [0.15, 0.2) is 0 Å². The lowest BCUT2D eigenvalue weighted by molar-refractivity contribution is -0.120. The van der Waals surface area contributed by atoms with Crippen LogP contribution < -0.4 is 0 Å². The minimum absolute atomic E-state index is 0.125. The summed E-state index contributed by atoms with van der Waals surface area (Å²) in [5.74, 6) is 0.464. The third kappa shape index (κ3) is 14.2. The zero-order chi connectivity index (χ0) is 10.5. The summed E-state index contributed by atoms with van der Waals surface area (Å²) in [6.07, 6.45) is 5.24. The fraction of sp³-hybridized carbons (Fsp3) is 0.700. The van der Waals surface area contributed by atoms with Gasteiger partial charge in [-0.2, -0.15) is 0 Å². The standard InChI is InChI=1S/C6H10O.C2H6O2.C2H4/c7-6-4-2-1-3-5-6;3-1-2-4;1-2/h1-5H2;3-4H,1-2H2;1-2H2. The summed E-state index contributed by atoms with van der Waals surface area (Å²) in [5.41, 5.74) is 0. The third-order valence-corrected chi connectivity index (χ3v) is 1.51. The number of hydrogen-bond acceptors (Lipinski definition) is 3. The molecule has 78 valence electrons. The average Bonchev–Trinajstić information content (AvgIpc) is 2.22. The van der Waals surface area contributed by atoms with Crippen molar-refractivity contribution >= 4 is 5.78 Å². The quantitative estimate of drug-likeness (QED) is 0.610. The van der Waals surface area contributed by atoms with Gasteiger partial charge in [0.2, 0.25) is 0 Å². The molecule has 0 amide bonds. The van der Waals surface area contributed by atoms with Crippen molar-refractivity contribution in [3.05, 3.63) is 13.2 Å². The van der Waals surface area contributed by atoms with Crippen LogP contribution in [0.5, 0.6) is 0 Å². The Morgan fingerprint density at radius 1 is 1.00 bits per heavy atom. The maximum Gasteiger partial charge on any atom is 0.132 e. The Morgan fingerprint density at radius 2 is 1.38 bits per heavy atom. The van der Waals surface area contributed by atoms with Crippen LogP contribution in [0, 0.1) is 0 Å². The molecule has 0 unspecified atom stereocenters. The van der Waals surface area contributed by atoms with Gasteiger partial charge in [-0.3, -0.25) is 4.79 Å². The van der Waals surface area contributed by atoms with E-state index in [1.165, 1.54) is 6.42 Å². The van der Waals surface area contributed by atoms with Crippen LogP contribution in [-0.4, -0.2) is 29.2 Å². The van der Waals surface area contributed by atoms with Gasteiger partial charge in [0.1, 0.15) is 5.78 Å². The summed E-state index contributed by atoms with van der Waals surface area (Å²) < 4.78 is 0. The molecule has 1 aliphatic rings. The molecule has 1 rings (SSSR count). The van der Waals surface area contributed by atoms with Gasteiger partial charge < -0.3 is 10.2 Å². The molecule has 1 fully saturated rings. The molecule has 0 radical (unpaired) electrons. The predicted octanol–water partition coefficient (Wildman–Crippen LogP) is 1.29. The molecule has 0 aliphatic heterocycles. The summed E-state index contributed by atoms with van der Waals surface area (Å²) in [6, 6.07) is 0. The van der Waals surface area contributed by atoms with Crippen molar-refractivity contribution in [2.24, 2.45) is 0 Å². The van der Waals surface area contributed by atoms with Gasteiger partial charge >= 0.3 is 0 Å². The lowest BCUT2D eigenvalue weighted by Crippen LogP contribution is -2.02. The van der Waals surface area contributed by atoms with Gasteiger partial charge in [0.25, 0.3) is 0 Å². The maximum atomic E-state index is 10.5. The Bertz CT molecular complexity index is 103. The van der Waals surface area contributed by atoms with E-state index in [-0.39, 0.29) is 13.2 Å². The largest absolute Gasteiger partial charge is 0.394 e. The second kappa shape index (κ2) is 13.9. The highest BCUT2D eigenvalue weighted by atomic mass is 16.3. The first-order valence-electron chi connectivity index (χ1n) is 4.54. The molecule has 1 saturated carbocycles. The zero-order valence-electron chi connectivity index (χ0n) is 8.17. The van der Waals surface area contributed by atoms with E-state index >= 15 is 0 Å². The first-order valence-corrected chi connectivity index (χ1v) is 4.54. The van der Waals surface area contributed by atoms with Gasteiger partial charge in [-0.15, -0.1) is 13.2 Å². The third-order valence-electron chi connectivity index (χ3n) is 1.51. The monoisotopic (exact) mass is 188 g/mol. The van der Waals surface area contributed by atoms with Crippen molar-refractivity contribution in [3.63, 3.8) is 0 Å². The minimum atomic E-state index is -0.125. The number of Topliss-reactive ketones (excluding diaryl/α,β-unsaturated/α-hetero) is 1. The lowest BCUT2D eigenvalue weighted by Gasteiger charge is -2.05. The van der Waals surface area contributed by atoms with Gasteiger partial charge in [-0.05, 0) is 12.8 Å². The lowest BCUT2D eigenvalue weighted by atomic mass is 10.00. The van der Waals surface area contributed by atoms with E-state index in [2.05, 4.69) is 13.2 Å². The van der Waals surface area contributed by atoms with Crippen molar-refractivity contribution in [2.45, 2.75) is 32.1 Å². The number of ketones is 1. The van der Waals surface area contributed by atoms with E-state index < -0.39 is 0 Å². The van der Waals surface area contributed by atoms with Crippen LogP contribution in [0.1, 0.15) is 32.1 Å². The van der Waals surface area contributed by atoms with E-state index in [1.54, 1.807) is 0 Å². The van der Waals surface area contributed by atoms with Crippen LogP contribution in [0.4, 0.5) is 0 Å². The number of aliphatic hydroxyl groups is 2. The highest BCUT2D eigenvalue weighted by Crippen LogP contribution is 2.12. The highest BCUT2D eigenvalue weighted by Gasteiger charge is 2.05. The van der Waals surface area contributed by atoms with Gasteiger partial charge in [-0.1, -0.05) is 6.42 Å². The van der Waals surface area contributed by atoms with Gasteiger partial charge in [0.05, 0.1) is 13.2 Å². The topological polar surface area (TPSA) is 57.5 Å². The first-order chi connectivity index (χ1) is 6.31. The molecule has 0 atom stereocenters. The van der Waals surface area contributed by atoms with Crippen molar-refractivity contribution in [2.75, 3.05) is 13.2 Å². The van der Waals surface area contributed by atoms with Gasteiger partial charge in [-0.25, -0.2) is 0 Å². The summed E-state index contributed by atoms with van der Waals surface area (Å²) >= 11 is 0. The normalized spacial score (nSPS) is 14.8. The Kier molecular flexibility index (Phi) is 15.8. The molecule has 0 spiro atoms. The Balaban J connectivity index is 0. The Labute approximate surface area is 80.1 Å². The van der Waals surface area contributed by atoms with Crippen LogP contribution in [0.15, 0.2) is 13.2 Å². The number of hydrogen-bond donors (Lipinski definition) is 2. The number of rotatable bonds is 1. The van der Waals surface area contributed by atoms with E-state index in [4.69, 9.17) is 10.2 Å². The SMILES string of the molecule is C=C.O=C1CCCCC1.OCCO. The molecule has 0 bridgehead atoms. The number of carbonyl (C=O) groups is 1. The second-order valence-electron chi connectivity index (χ2n) is 2.55. The molecule has 0 aromatic rings. The molecule has 0 saturated heterocycles. The zero-order valence-corrected chi connectivity index (χ0v) is 8.17. The highest BCUT2D eigenvalue weighted by molar-refractivity contribution is 5.78. The van der Waals surface area contributed by atoms with Crippen LogP contribution in [0.2, 0.25) is 0 Å². The fourth-order valence-corrected chi connectivity index (χ4v) is 0.946. The number of carbonyl (C=O) groups excluding carboxylic acids is 1. The molecule has 0 aromatic heterocycles. The first kappa shape index (κ1) is 14.8. The molecular formula is C10H20O3. The van der Waals surface area contributed by atoms with Crippen LogP contribution in [0.3, 0.4) is 0 Å². The van der Waals surface area contributed by atoms with E-state index in [0.717, 1.165) is 25.7 Å². The predicted molar refractivity (Wildman–Crippen MR) is 53.5 cm³/mol. The van der Waals surface area contributed by atoms with Crippen LogP contribution in [0.25, 0.3) is 0 Å². The molecule has 13 heavy (non-hydrogen) atoms. The van der Waals surface area contributed by atoms with Crippen molar-refractivity contribution in [1.29, 1.82) is 0 Å². The second-order valence-corrected chi connectivity index (χ2v) is 2.55. The summed E-state index contributed by atoms with van der Waals surface area (Å²) in [7, 11) is 0. The Hall–Kier alpha value is -0.670. The van der Waals surface area contributed by atoms with Crippen LogP contribution >= 0.6 is 0 Å². The summed E-state index contributed by atoms with van der Waals surface area (Å²) in [6.45, 7) is 5.75. The minimum Gasteiger partial charge on any atom is -0.394 e. The fourth-order valence-electron chi connectivity index (χ4n) is 0.946. The van der Waals surface area contributed by atoms with Gasteiger partial charge in [0, 0.05) is 12.8 Å². The van der Waals surface area contributed by atoms with E-state index in [9.17, 15) is 4.79 Å². The molecule has 3 nitrogen and oxygen atoms in total.